The maximum atomic E-state index is 2.37. The highest BCUT2D eigenvalue weighted by Gasteiger charge is 2.27. The third kappa shape index (κ3) is 11.7. The minimum absolute atomic E-state index is 0.903. The molecule has 0 fully saturated rings. The van der Waals surface area contributed by atoms with Crippen LogP contribution in [0.15, 0.2) is 60.7 Å². The molecular formula is C33H54N+. The van der Waals surface area contributed by atoms with E-state index in [1.165, 1.54) is 133 Å². The van der Waals surface area contributed by atoms with E-state index in [0.717, 1.165) is 4.48 Å². The van der Waals surface area contributed by atoms with Crippen LogP contribution in [0.2, 0.25) is 0 Å². The summed E-state index contributed by atoms with van der Waals surface area (Å²) in [5.74, 6) is 0. The fourth-order valence-corrected chi connectivity index (χ4v) is 5.25. The van der Waals surface area contributed by atoms with Crippen molar-refractivity contribution < 1.29 is 0 Å². The van der Waals surface area contributed by atoms with Crippen molar-refractivity contribution in [3.63, 3.8) is 0 Å². The van der Waals surface area contributed by atoms with Crippen molar-refractivity contribution in [1.82, 2.24) is 4.48 Å². The molecule has 0 saturated carbocycles. The highest BCUT2D eigenvalue weighted by molar-refractivity contribution is 5.57. The van der Waals surface area contributed by atoms with Gasteiger partial charge in [0.25, 0.3) is 0 Å². The molecule has 1 heteroatoms. The van der Waals surface area contributed by atoms with Gasteiger partial charge >= 0.3 is 0 Å². The molecule has 0 aromatic heterocycles. The first kappa shape index (κ1) is 28.6. The summed E-state index contributed by atoms with van der Waals surface area (Å²) in [5, 5.41) is 0. The second-order valence-electron chi connectivity index (χ2n) is 10.6. The van der Waals surface area contributed by atoms with Gasteiger partial charge in [0.1, 0.15) is 11.4 Å². The molecular weight excluding hydrogens is 410 g/mol. The second-order valence-corrected chi connectivity index (χ2v) is 10.6. The summed E-state index contributed by atoms with van der Waals surface area (Å²) < 4.78 is 0.903. The van der Waals surface area contributed by atoms with Crippen LogP contribution in [0.3, 0.4) is 0 Å². The van der Waals surface area contributed by atoms with E-state index >= 15 is 0 Å². The van der Waals surface area contributed by atoms with E-state index in [-0.39, 0.29) is 0 Å². The summed E-state index contributed by atoms with van der Waals surface area (Å²) in [7, 11) is 2.37. The molecule has 34 heavy (non-hydrogen) atoms. The van der Waals surface area contributed by atoms with Crippen LogP contribution in [0.5, 0.6) is 0 Å². The summed E-state index contributed by atoms with van der Waals surface area (Å²) >= 11 is 0. The first-order valence-electron chi connectivity index (χ1n) is 14.7. The Kier molecular flexibility index (Phi) is 15.7. The number of rotatable bonds is 21. The van der Waals surface area contributed by atoms with Gasteiger partial charge in [0.15, 0.2) is 0 Å². The Bertz CT molecular complexity index is 654. The van der Waals surface area contributed by atoms with Gasteiger partial charge in [-0.2, -0.15) is 0 Å². The molecule has 0 spiro atoms. The number of nitrogens with zero attached hydrogens (tertiary/aromatic N) is 1. The van der Waals surface area contributed by atoms with Crippen LogP contribution in [0.1, 0.15) is 122 Å². The third-order valence-corrected chi connectivity index (χ3v) is 7.61. The lowest BCUT2D eigenvalue weighted by Gasteiger charge is -2.33. The zero-order valence-electron chi connectivity index (χ0n) is 22.7. The summed E-state index contributed by atoms with van der Waals surface area (Å²) in [4.78, 5) is 0. The number of benzene rings is 2. The summed E-state index contributed by atoms with van der Waals surface area (Å²) in [6.45, 7) is 3.47. The monoisotopic (exact) mass is 464 g/mol. The van der Waals surface area contributed by atoms with E-state index in [1.54, 1.807) is 0 Å². The van der Waals surface area contributed by atoms with Crippen molar-refractivity contribution in [3.05, 3.63) is 60.7 Å². The molecule has 190 valence electrons. The van der Waals surface area contributed by atoms with Gasteiger partial charge in [-0.3, -0.25) is 4.48 Å². The van der Waals surface area contributed by atoms with E-state index < -0.39 is 0 Å². The Morgan fingerprint density at radius 2 is 0.706 bits per heavy atom. The SMILES string of the molecule is CCCCCCCCCCCCCCCCCCCC[N+](C)(c1ccccc1)c1ccccc1. The van der Waals surface area contributed by atoms with E-state index in [9.17, 15) is 0 Å². The van der Waals surface area contributed by atoms with Gasteiger partial charge < -0.3 is 0 Å². The van der Waals surface area contributed by atoms with Crippen LogP contribution in [0, 0.1) is 0 Å². The predicted octanol–water partition coefficient (Wildman–Crippen LogP) is 11.0. The first-order chi connectivity index (χ1) is 16.8. The van der Waals surface area contributed by atoms with Crippen molar-refractivity contribution in [2.45, 2.75) is 122 Å². The van der Waals surface area contributed by atoms with Crippen LogP contribution >= 0.6 is 0 Å². The fourth-order valence-electron chi connectivity index (χ4n) is 5.25. The molecule has 0 aliphatic carbocycles. The molecule has 2 aromatic carbocycles. The quantitative estimate of drug-likeness (QED) is 0.127. The van der Waals surface area contributed by atoms with Crippen LogP contribution < -0.4 is 4.48 Å². The van der Waals surface area contributed by atoms with Crippen molar-refractivity contribution in [2.24, 2.45) is 0 Å². The highest BCUT2D eigenvalue weighted by Crippen LogP contribution is 2.33. The molecule has 2 aromatic rings. The van der Waals surface area contributed by atoms with Crippen LogP contribution in [-0.2, 0) is 0 Å². The second kappa shape index (κ2) is 18.7. The Hall–Kier alpha value is -1.60. The Labute approximate surface area is 212 Å². The Morgan fingerprint density at radius 3 is 1.03 bits per heavy atom. The molecule has 0 amide bonds. The lowest BCUT2D eigenvalue weighted by Crippen LogP contribution is -2.40. The molecule has 2 rings (SSSR count). The first-order valence-corrected chi connectivity index (χ1v) is 14.7. The van der Waals surface area contributed by atoms with E-state index in [2.05, 4.69) is 74.6 Å². The molecule has 0 unspecified atom stereocenters. The summed E-state index contributed by atoms with van der Waals surface area (Å²) in [6.07, 6.45) is 25.8. The molecule has 0 aliphatic heterocycles. The van der Waals surface area contributed by atoms with Crippen LogP contribution in [0.25, 0.3) is 0 Å². The lowest BCUT2D eigenvalue weighted by atomic mass is 10.0. The molecule has 0 aliphatic rings. The number of quaternary nitrogens is 1. The number of hydrogen-bond donors (Lipinski definition) is 0. The van der Waals surface area contributed by atoms with Crippen molar-refractivity contribution in [1.29, 1.82) is 0 Å². The summed E-state index contributed by atoms with van der Waals surface area (Å²) in [6, 6.07) is 22.0. The molecule has 0 bridgehead atoms. The normalized spacial score (nSPS) is 11.7. The predicted molar refractivity (Wildman–Crippen MR) is 154 cm³/mol. The smallest absolute Gasteiger partial charge is 0.137 e. The summed E-state index contributed by atoms with van der Waals surface area (Å²) in [5.41, 5.74) is 2.78. The zero-order valence-corrected chi connectivity index (χ0v) is 22.7. The average Bonchev–Trinajstić information content (AvgIpc) is 2.89. The topological polar surface area (TPSA) is 0 Å². The molecule has 0 N–H and O–H groups in total. The minimum atomic E-state index is 0.903. The van der Waals surface area contributed by atoms with Gasteiger partial charge in [-0.15, -0.1) is 0 Å². The largest absolute Gasteiger partial charge is 0.261 e. The van der Waals surface area contributed by atoms with E-state index in [4.69, 9.17) is 0 Å². The molecule has 1 nitrogen and oxygen atoms in total. The number of para-hydroxylation sites is 2. The van der Waals surface area contributed by atoms with Gasteiger partial charge in [-0.1, -0.05) is 146 Å². The van der Waals surface area contributed by atoms with E-state index in [1.807, 2.05) is 0 Å². The van der Waals surface area contributed by atoms with Crippen LogP contribution in [0.4, 0.5) is 11.4 Å². The van der Waals surface area contributed by atoms with E-state index in [0.29, 0.717) is 0 Å². The third-order valence-electron chi connectivity index (χ3n) is 7.61. The van der Waals surface area contributed by atoms with Crippen molar-refractivity contribution in [2.75, 3.05) is 13.6 Å². The standard InChI is InChI=1S/C33H54N/c1-3-4-5-6-7-8-9-10-11-12-13-14-15-16-17-18-19-26-31-34(2,32-27-22-20-23-28-32)33-29-24-21-25-30-33/h20-25,27-30H,3-19,26,31H2,1-2H3/q+1. The van der Waals surface area contributed by atoms with Crippen LogP contribution in [-0.4, -0.2) is 13.6 Å². The van der Waals surface area contributed by atoms with Gasteiger partial charge in [0.2, 0.25) is 0 Å². The molecule has 0 atom stereocenters. The number of unbranched alkanes of at least 4 members (excludes halogenated alkanes) is 17. The lowest BCUT2D eigenvalue weighted by molar-refractivity contribution is 0.429. The molecule has 0 saturated heterocycles. The number of hydrogen-bond acceptors (Lipinski definition) is 0. The zero-order chi connectivity index (χ0) is 24.2. The van der Waals surface area contributed by atoms with Crippen molar-refractivity contribution in [3.8, 4) is 0 Å². The van der Waals surface area contributed by atoms with Gasteiger partial charge in [0, 0.05) is 0 Å². The highest BCUT2D eigenvalue weighted by atomic mass is 15.3. The fraction of sp³-hybridized carbons (Fsp3) is 0.636. The van der Waals surface area contributed by atoms with Gasteiger partial charge in [0.05, 0.1) is 13.6 Å². The minimum Gasteiger partial charge on any atom is -0.261 e. The molecule has 0 radical (unpaired) electrons. The van der Waals surface area contributed by atoms with Crippen molar-refractivity contribution >= 4 is 11.4 Å². The van der Waals surface area contributed by atoms with Gasteiger partial charge in [-0.25, -0.2) is 0 Å². The maximum absolute atomic E-state index is 2.37. The average molecular weight is 465 g/mol. The maximum Gasteiger partial charge on any atom is 0.137 e. The molecule has 0 heterocycles. The Morgan fingerprint density at radius 1 is 0.412 bits per heavy atom. The Balaban J connectivity index is 1.47. The van der Waals surface area contributed by atoms with Gasteiger partial charge in [-0.05, 0) is 37.1 Å².